The molecular weight excluding hydrogens is 472 g/mol. The lowest BCUT2D eigenvalue weighted by molar-refractivity contribution is 0.0692. The first-order valence-electron chi connectivity index (χ1n) is 10.7. The number of nitrogens with one attached hydrogen (secondary N) is 1. The van der Waals surface area contributed by atoms with E-state index in [-0.39, 0.29) is 11.8 Å². The number of carboxylic acid groups (broad SMARTS) is 1. The number of hydrogen-bond donors (Lipinski definition) is 3. The second-order valence-corrected chi connectivity index (χ2v) is 9.92. The molecule has 4 aromatic rings. The Kier molecular flexibility index (Phi) is 7.07. The minimum absolute atomic E-state index is 0.0739. The fourth-order valence-corrected chi connectivity index (χ4v) is 5.07. The van der Waals surface area contributed by atoms with Crippen LogP contribution in [-0.4, -0.2) is 26.5 Å². The molecule has 8 heteroatoms. The van der Waals surface area contributed by atoms with Gasteiger partial charge in [-0.05, 0) is 41.8 Å². The van der Waals surface area contributed by atoms with Gasteiger partial charge in [0.15, 0.2) is 0 Å². The summed E-state index contributed by atoms with van der Waals surface area (Å²) in [5.41, 5.74) is 10.3. The minimum Gasteiger partial charge on any atom is -0.486 e. The summed E-state index contributed by atoms with van der Waals surface area (Å²) in [5, 5.41) is 11.1. The van der Waals surface area contributed by atoms with Crippen LogP contribution >= 0.6 is 11.6 Å². The van der Waals surface area contributed by atoms with Crippen LogP contribution in [0, 0.1) is 0 Å². The molecule has 4 N–H and O–H groups in total. The van der Waals surface area contributed by atoms with E-state index in [1.165, 1.54) is 0 Å². The number of fused-ring (bicyclic) bond motifs is 1. The first-order chi connectivity index (χ1) is 16.3. The Bertz CT molecular complexity index is 1380. The summed E-state index contributed by atoms with van der Waals surface area (Å²) in [6.07, 6.45) is 1.27. The summed E-state index contributed by atoms with van der Waals surface area (Å²) in [5.74, 6) is -0.0371. The Balaban J connectivity index is 1.78. The Morgan fingerprint density at radius 1 is 1.18 bits per heavy atom. The van der Waals surface area contributed by atoms with Crippen molar-refractivity contribution in [2.75, 3.05) is 6.26 Å². The number of aromatic nitrogens is 1. The summed E-state index contributed by atoms with van der Waals surface area (Å²) in [7, 11) is -1.04. The van der Waals surface area contributed by atoms with Gasteiger partial charge in [0.25, 0.3) is 0 Å². The van der Waals surface area contributed by atoms with Gasteiger partial charge in [-0.2, -0.15) is 0 Å². The van der Waals surface area contributed by atoms with E-state index in [1.54, 1.807) is 18.4 Å². The van der Waals surface area contributed by atoms with Gasteiger partial charge >= 0.3 is 5.97 Å². The molecule has 34 heavy (non-hydrogen) atoms. The van der Waals surface area contributed by atoms with Crippen LogP contribution in [0.15, 0.2) is 60.7 Å². The zero-order valence-electron chi connectivity index (χ0n) is 18.8. The van der Waals surface area contributed by atoms with Crippen molar-refractivity contribution >= 4 is 39.3 Å². The van der Waals surface area contributed by atoms with Gasteiger partial charge in [0.05, 0.1) is 5.52 Å². The predicted molar refractivity (Wildman–Crippen MR) is 137 cm³/mol. The molecule has 0 aliphatic heterocycles. The lowest BCUT2D eigenvalue weighted by Gasteiger charge is -2.16. The second kappa shape index (κ2) is 10.0. The average molecular weight is 497 g/mol. The molecule has 0 amide bonds. The number of aromatic amines is 1. The molecule has 1 heterocycles. The lowest BCUT2D eigenvalue weighted by Crippen LogP contribution is -2.04. The highest BCUT2D eigenvalue weighted by Gasteiger charge is 2.23. The molecule has 1 aromatic heterocycles. The molecule has 0 aliphatic carbocycles. The molecule has 0 bridgehead atoms. The largest absolute Gasteiger partial charge is 0.486 e. The Morgan fingerprint density at radius 3 is 2.53 bits per heavy atom. The van der Waals surface area contributed by atoms with Crippen molar-refractivity contribution in [3.8, 4) is 16.9 Å². The molecule has 0 saturated heterocycles. The third kappa shape index (κ3) is 4.87. The zero-order chi connectivity index (χ0) is 24.4. The topological polar surface area (TPSA) is 105 Å². The van der Waals surface area contributed by atoms with Crippen LogP contribution in [0.4, 0.5) is 0 Å². The normalized spacial score (nSPS) is 13.1. The molecule has 0 radical (unpaired) electrons. The number of aromatic carboxylic acids is 1. The van der Waals surface area contributed by atoms with E-state index >= 15 is 0 Å². The second-order valence-electron chi connectivity index (χ2n) is 8.08. The van der Waals surface area contributed by atoms with Gasteiger partial charge in [0.2, 0.25) is 0 Å². The minimum atomic E-state index is -1.07. The zero-order valence-corrected chi connectivity index (χ0v) is 20.4. The molecule has 6 nitrogen and oxygen atoms in total. The van der Waals surface area contributed by atoms with E-state index < -0.39 is 16.8 Å². The summed E-state index contributed by atoms with van der Waals surface area (Å²) in [6.45, 7) is 2.38. The predicted octanol–water partition coefficient (Wildman–Crippen LogP) is 5.66. The number of benzene rings is 3. The van der Waals surface area contributed by atoms with E-state index in [4.69, 9.17) is 22.1 Å². The van der Waals surface area contributed by atoms with Gasteiger partial charge in [0, 0.05) is 50.9 Å². The van der Waals surface area contributed by atoms with Crippen LogP contribution in [-0.2, 0) is 23.1 Å². The van der Waals surface area contributed by atoms with E-state index in [9.17, 15) is 14.1 Å². The molecule has 0 spiro atoms. The molecule has 0 saturated carbocycles. The van der Waals surface area contributed by atoms with E-state index in [0.717, 1.165) is 22.1 Å². The standard InChI is InChI=1S/C26H25ClN2O4S/c1-15(33-19-10-6-16(13-28)7-11-19)20-4-3-5-21-23(25(26(30)31)29-24(20)21)17-8-9-18(14-34(2)32)22(27)12-17/h3-12,15,29H,13-14,28H2,1-2H3,(H,30,31)/t15-,34?/m0/s1. The molecular formula is C26H25ClN2O4S. The van der Waals surface area contributed by atoms with Crippen molar-refractivity contribution in [3.05, 3.63) is 88.1 Å². The Hall–Kier alpha value is -3.13. The van der Waals surface area contributed by atoms with E-state index in [1.807, 2.05) is 55.5 Å². The maximum atomic E-state index is 12.1. The monoisotopic (exact) mass is 496 g/mol. The fourth-order valence-electron chi connectivity index (χ4n) is 4.05. The number of rotatable bonds is 8. The van der Waals surface area contributed by atoms with Crippen molar-refractivity contribution in [2.24, 2.45) is 5.73 Å². The first-order valence-corrected chi connectivity index (χ1v) is 12.8. The van der Waals surface area contributed by atoms with Crippen LogP contribution < -0.4 is 10.5 Å². The van der Waals surface area contributed by atoms with Gasteiger partial charge in [-0.3, -0.25) is 4.21 Å². The van der Waals surface area contributed by atoms with Crippen LogP contribution in [0.3, 0.4) is 0 Å². The molecule has 4 rings (SSSR count). The maximum absolute atomic E-state index is 12.1. The highest BCUT2D eigenvalue weighted by atomic mass is 35.5. The number of para-hydroxylation sites is 1. The Morgan fingerprint density at radius 2 is 1.91 bits per heavy atom. The first kappa shape index (κ1) is 24.0. The van der Waals surface area contributed by atoms with Gasteiger partial charge in [-0.15, -0.1) is 0 Å². The highest BCUT2D eigenvalue weighted by Crippen LogP contribution is 2.38. The Labute approximate surface area is 205 Å². The summed E-state index contributed by atoms with van der Waals surface area (Å²) in [6, 6.07) is 18.6. The van der Waals surface area contributed by atoms with Crippen molar-refractivity contribution in [3.63, 3.8) is 0 Å². The number of ether oxygens (including phenoxy) is 1. The van der Waals surface area contributed by atoms with E-state index in [2.05, 4.69) is 4.98 Å². The van der Waals surface area contributed by atoms with Crippen LogP contribution in [0.5, 0.6) is 5.75 Å². The number of carbonyl (C=O) groups is 1. The van der Waals surface area contributed by atoms with Gasteiger partial charge in [0.1, 0.15) is 17.5 Å². The quantitative estimate of drug-likeness (QED) is 0.291. The summed E-state index contributed by atoms with van der Waals surface area (Å²) in [4.78, 5) is 15.2. The smallest absolute Gasteiger partial charge is 0.352 e. The molecule has 176 valence electrons. The van der Waals surface area contributed by atoms with Gasteiger partial charge < -0.3 is 20.6 Å². The number of halogens is 1. The number of nitrogens with two attached hydrogens (primary N) is 1. The SMILES string of the molecule is C[C@H](Oc1ccc(CN)cc1)c1cccc2c(-c3ccc(CS(C)=O)c(Cl)c3)c(C(=O)O)[nH]c12. The van der Waals surface area contributed by atoms with Crippen LogP contribution in [0.2, 0.25) is 5.02 Å². The molecule has 2 atom stereocenters. The van der Waals surface area contributed by atoms with Crippen LogP contribution in [0.1, 0.15) is 40.2 Å². The van der Waals surface area contributed by atoms with Gasteiger partial charge in [-0.1, -0.05) is 54.1 Å². The third-order valence-corrected chi connectivity index (χ3v) is 6.76. The van der Waals surface area contributed by atoms with E-state index in [0.29, 0.717) is 39.7 Å². The number of H-pyrrole nitrogens is 1. The average Bonchev–Trinajstić information content (AvgIpc) is 3.21. The highest BCUT2D eigenvalue weighted by molar-refractivity contribution is 7.83. The summed E-state index contributed by atoms with van der Waals surface area (Å²) >= 11 is 6.45. The van der Waals surface area contributed by atoms with Gasteiger partial charge in [-0.25, -0.2) is 4.79 Å². The fraction of sp³-hybridized carbons (Fsp3) is 0.192. The maximum Gasteiger partial charge on any atom is 0.352 e. The lowest BCUT2D eigenvalue weighted by atomic mass is 9.98. The van der Waals surface area contributed by atoms with Crippen molar-refractivity contribution in [1.82, 2.24) is 4.98 Å². The molecule has 1 unspecified atom stereocenters. The molecule has 0 aliphatic rings. The van der Waals surface area contributed by atoms with Crippen molar-refractivity contribution in [1.29, 1.82) is 0 Å². The number of hydrogen-bond acceptors (Lipinski definition) is 4. The third-order valence-electron chi connectivity index (χ3n) is 5.69. The molecule has 3 aromatic carbocycles. The van der Waals surface area contributed by atoms with Crippen LogP contribution in [0.25, 0.3) is 22.0 Å². The van der Waals surface area contributed by atoms with Crippen molar-refractivity contribution in [2.45, 2.75) is 25.3 Å². The molecule has 0 fully saturated rings. The summed E-state index contributed by atoms with van der Waals surface area (Å²) < 4.78 is 17.8. The van der Waals surface area contributed by atoms with Crippen molar-refractivity contribution < 1.29 is 18.8 Å². The number of carboxylic acids is 1.